The largest absolute Gasteiger partial charge is 0.356 e. The highest BCUT2D eigenvalue weighted by Crippen LogP contribution is 2.46. The Bertz CT molecular complexity index is 829. The Morgan fingerprint density at radius 3 is 2.30 bits per heavy atom. The molecular weight excluding hydrogens is 330 g/mol. The maximum atomic E-state index is 6.06. The summed E-state index contributed by atoms with van der Waals surface area (Å²) in [4.78, 5) is 7.38. The second-order valence-corrected chi connectivity index (χ2v) is 9.73. The van der Waals surface area contributed by atoms with Crippen LogP contribution >= 0.6 is 0 Å². The fourth-order valence-electron chi connectivity index (χ4n) is 4.64. The molecule has 1 aliphatic heterocycles. The topological polar surface area (TPSA) is 42.1 Å². The van der Waals surface area contributed by atoms with Crippen molar-refractivity contribution in [2.75, 3.05) is 18.0 Å². The van der Waals surface area contributed by atoms with E-state index in [1.807, 2.05) is 0 Å². The van der Waals surface area contributed by atoms with Crippen LogP contribution in [0.3, 0.4) is 0 Å². The van der Waals surface area contributed by atoms with Crippen LogP contribution in [0.1, 0.15) is 64.5 Å². The molecule has 0 bridgehead atoms. The van der Waals surface area contributed by atoms with Crippen molar-refractivity contribution < 1.29 is 0 Å². The summed E-state index contributed by atoms with van der Waals surface area (Å²) in [6, 6.07) is 13.8. The number of aromatic nitrogens is 1. The summed E-state index contributed by atoms with van der Waals surface area (Å²) in [7, 11) is 0. The number of piperidine rings is 1. The third-order valence-electron chi connectivity index (χ3n) is 6.75. The summed E-state index contributed by atoms with van der Waals surface area (Å²) in [6.45, 7) is 11.5. The average molecular weight is 364 g/mol. The van der Waals surface area contributed by atoms with Gasteiger partial charge < -0.3 is 10.6 Å². The molecule has 3 nitrogen and oxygen atoms in total. The van der Waals surface area contributed by atoms with Crippen LogP contribution in [-0.4, -0.2) is 24.1 Å². The number of fused-ring (bicyclic) bond motifs is 1. The fraction of sp³-hybridized carbons (Fsp3) is 0.542. The Balaban J connectivity index is 1.70. The van der Waals surface area contributed by atoms with E-state index in [0.717, 1.165) is 37.4 Å². The van der Waals surface area contributed by atoms with E-state index >= 15 is 0 Å². The van der Waals surface area contributed by atoms with Gasteiger partial charge in [0.25, 0.3) is 0 Å². The Morgan fingerprint density at radius 1 is 0.926 bits per heavy atom. The predicted molar refractivity (Wildman–Crippen MR) is 114 cm³/mol. The second kappa shape index (κ2) is 6.63. The summed E-state index contributed by atoms with van der Waals surface area (Å²) >= 11 is 0. The minimum atomic E-state index is 0.224. The highest BCUT2D eigenvalue weighted by Gasteiger charge is 2.37. The molecule has 1 fully saturated rings. The molecular formula is C24H33N3. The summed E-state index contributed by atoms with van der Waals surface area (Å²) in [6.07, 6.45) is 4.58. The summed E-state index contributed by atoms with van der Waals surface area (Å²) in [5.41, 5.74) is 11.8. The molecule has 1 aromatic heterocycles. The average Bonchev–Trinajstić information content (AvgIpc) is 2.66. The molecule has 27 heavy (non-hydrogen) atoms. The van der Waals surface area contributed by atoms with E-state index in [2.05, 4.69) is 69.0 Å². The first kappa shape index (κ1) is 18.5. The van der Waals surface area contributed by atoms with Gasteiger partial charge in [0.15, 0.2) is 0 Å². The molecule has 0 saturated carbocycles. The molecule has 0 atom stereocenters. The van der Waals surface area contributed by atoms with E-state index < -0.39 is 0 Å². The van der Waals surface area contributed by atoms with Crippen molar-refractivity contribution in [1.82, 2.24) is 4.98 Å². The summed E-state index contributed by atoms with van der Waals surface area (Å²) < 4.78 is 0. The van der Waals surface area contributed by atoms with Crippen molar-refractivity contribution >= 4 is 5.82 Å². The lowest BCUT2D eigenvalue weighted by Gasteiger charge is -2.42. The van der Waals surface area contributed by atoms with Crippen LogP contribution in [0, 0.1) is 0 Å². The molecule has 2 N–H and O–H groups in total. The van der Waals surface area contributed by atoms with Crippen molar-refractivity contribution in [3.63, 3.8) is 0 Å². The van der Waals surface area contributed by atoms with Gasteiger partial charge in [-0.1, -0.05) is 45.9 Å². The Morgan fingerprint density at radius 2 is 1.59 bits per heavy atom. The first-order chi connectivity index (χ1) is 12.8. The third kappa shape index (κ3) is 3.50. The standard InChI is InChI=1S/C24H33N3/c1-23(2)12-13-24(3,4)20-16-17(8-9-19(20)23)21-6-5-7-22(26-21)27-14-10-18(25)11-15-27/h5-9,16,18H,10-15,25H2,1-4H3. The molecule has 2 heterocycles. The van der Waals surface area contributed by atoms with E-state index in [4.69, 9.17) is 10.7 Å². The smallest absolute Gasteiger partial charge is 0.129 e. The van der Waals surface area contributed by atoms with Crippen LogP contribution in [0.15, 0.2) is 36.4 Å². The van der Waals surface area contributed by atoms with Gasteiger partial charge in [-0.15, -0.1) is 0 Å². The number of nitrogens with zero attached hydrogens (tertiary/aromatic N) is 2. The van der Waals surface area contributed by atoms with Gasteiger partial charge in [-0.05, 0) is 65.8 Å². The van der Waals surface area contributed by atoms with Crippen LogP contribution in [0.25, 0.3) is 11.3 Å². The molecule has 3 heteroatoms. The van der Waals surface area contributed by atoms with Crippen molar-refractivity contribution in [3.05, 3.63) is 47.5 Å². The predicted octanol–water partition coefficient (Wildman–Crippen LogP) is 5.03. The lowest BCUT2D eigenvalue weighted by molar-refractivity contribution is 0.332. The zero-order valence-electron chi connectivity index (χ0n) is 17.3. The molecule has 1 aromatic carbocycles. The Hall–Kier alpha value is -1.87. The second-order valence-electron chi connectivity index (χ2n) is 9.73. The van der Waals surface area contributed by atoms with Gasteiger partial charge in [-0.2, -0.15) is 0 Å². The highest BCUT2D eigenvalue weighted by molar-refractivity contribution is 5.65. The normalized spacial score (nSPS) is 21.7. The van der Waals surface area contributed by atoms with Crippen molar-refractivity contribution in [2.45, 2.75) is 70.3 Å². The van der Waals surface area contributed by atoms with Crippen LogP contribution in [0.2, 0.25) is 0 Å². The number of nitrogens with two attached hydrogens (primary N) is 1. The van der Waals surface area contributed by atoms with Crippen molar-refractivity contribution in [1.29, 1.82) is 0 Å². The van der Waals surface area contributed by atoms with Gasteiger partial charge in [0.05, 0.1) is 5.69 Å². The minimum Gasteiger partial charge on any atom is -0.356 e. The van der Waals surface area contributed by atoms with E-state index in [0.29, 0.717) is 6.04 Å². The van der Waals surface area contributed by atoms with E-state index in [-0.39, 0.29) is 10.8 Å². The monoisotopic (exact) mass is 363 g/mol. The molecule has 2 aliphatic rings. The quantitative estimate of drug-likeness (QED) is 0.814. The first-order valence-electron chi connectivity index (χ1n) is 10.4. The SMILES string of the molecule is CC1(C)CCC(C)(C)c2cc(-c3cccc(N4CCC(N)CC4)n3)ccc21. The molecule has 0 spiro atoms. The van der Waals surface area contributed by atoms with Crippen LogP contribution in [0.4, 0.5) is 5.82 Å². The number of hydrogen-bond donors (Lipinski definition) is 1. The van der Waals surface area contributed by atoms with Gasteiger partial charge in [0.1, 0.15) is 5.82 Å². The Labute approximate surface area is 164 Å². The summed E-state index contributed by atoms with van der Waals surface area (Å²) in [5.74, 6) is 1.08. The lowest BCUT2D eigenvalue weighted by atomic mass is 9.63. The zero-order valence-corrected chi connectivity index (χ0v) is 17.3. The highest BCUT2D eigenvalue weighted by atomic mass is 15.2. The maximum Gasteiger partial charge on any atom is 0.129 e. The number of anilines is 1. The van der Waals surface area contributed by atoms with Gasteiger partial charge in [0, 0.05) is 24.7 Å². The molecule has 4 rings (SSSR count). The maximum absolute atomic E-state index is 6.06. The van der Waals surface area contributed by atoms with E-state index in [1.165, 1.54) is 29.5 Å². The van der Waals surface area contributed by atoms with Crippen LogP contribution in [-0.2, 0) is 10.8 Å². The molecule has 0 radical (unpaired) electrons. The number of rotatable bonds is 2. The van der Waals surface area contributed by atoms with Gasteiger partial charge in [0.2, 0.25) is 0 Å². The van der Waals surface area contributed by atoms with Crippen LogP contribution < -0.4 is 10.6 Å². The van der Waals surface area contributed by atoms with E-state index in [1.54, 1.807) is 0 Å². The molecule has 144 valence electrons. The Kier molecular flexibility index (Phi) is 4.54. The third-order valence-corrected chi connectivity index (χ3v) is 6.75. The fourth-order valence-corrected chi connectivity index (χ4v) is 4.64. The number of benzene rings is 1. The molecule has 0 unspecified atom stereocenters. The molecule has 1 aliphatic carbocycles. The zero-order chi connectivity index (χ0) is 19.2. The lowest BCUT2D eigenvalue weighted by Crippen LogP contribution is -2.40. The first-order valence-corrected chi connectivity index (χ1v) is 10.4. The molecule has 0 amide bonds. The number of pyridine rings is 1. The number of hydrogen-bond acceptors (Lipinski definition) is 3. The van der Waals surface area contributed by atoms with Crippen molar-refractivity contribution in [3.8, 4) is 11.3 Å². The van der Waals surface area contributed by atoms with Gasteiger partial charge in [-0.25, -0.2) is 4.98 Å². The van der Waals surface area contributed by atoms with Crippen LogP contribution in [0.5, 0.6) is 0 Å². The van der Waals surface area contributed by atoms with E-state index in [9.17, 15) is 0 Å². The molecule has 2 aromatic rings. The molecule has 1 saturated heterocycles. The summed E-state index contributed by atoms with van der Waals surface area (Å²) in [5, 5.41) is 0. The van der Waals surface area contributed by atoms with Gasteiger partial charge >= 0.3 is 0 Å². The van der Waals surface area contributed by atoms with Crippen molar-refractivity contribution in [2.24, 2.45) is 5.73 Å². The van der Waals surface area contributed by atoms with Gasteiger partial charge in [-0.3, -0.25) is 0 Å². The minimum absolute atomic E-state index is 0.224.